The van der Waals surface area contributed by atoms with Gasteiger partial charge in [-0.05, 0) is 0 Å². The fourth-order valence-electron chi connectivity index (χ4n) is 11.3. The van der Waals surface area contributed by atoms with E-state index in [2.05, 4.69) is 0 Å². The van der Waals surface area contributed by atoms with E-state index in [0.29, 0.717) is 0 Å². The van der Waals surface area contributed by atoms with Gasteiger partial charge in [-0.3, -0.25) is 0 Å². The number of aliphatic hydroxyl groups excluding tert-OH is 17. The van der Waals surface area contributed by atoms with E-state index in [1.807, 2.05) is 0 Å². The summed E-state index contributed by atoms with van der Waals surface area (Å²) in [5.74, 6) is 0. The third-order valence-electron chi connectivity index (χ3n) is 15.3. The zero-order valence-corrected chi connectivity index (χ0v) is 39.3. The third-order valence-corrected chi connectivity index (χ3v) is 15.3. The van der Waals surface area contributed by atoms with Crippen molar-refractivity contribution in [1.82, 2.24) is 0 Å². The molecular weight excluding hydrogens is 1030 g/mol. The van der Waals surface area contributed by atoms with Crippen molar-refractivity contribution in [2.24, 2.45) is 0 Å². The molecule has 19 fully saturated rings. The molecule has 17 N–H and O–H groups in total. The lowest BCUT2D eigenvalue weighted by atomic mass is 9.90. The fourth-order valence-corrected chi connectivity index (χ4v) is 11.3. The second-order valence-corrected chi connectivity index (χ2v) is 19.8. The van der Waals surface area contributed by atoms with Gasteiger partial charge in [0.05, 0.1) is 46.2 Å². The molecular formula is C42H66O33. The highest BCUT2D eigenvalue weighted by atomic mass is 16.8. The first-order chi connectivity index (χ1) is 36.0. The second-order valence-electron chi connectivity index (χ2n) is 19.8. The Morgan fingerprint density at radius 3 is 0.707 bits per heavy atom. The molecule has 14 bridgehead atoms. The number of rotatable bonds is 7. The van der Waals surface area contributed by atoms with E-state index >= 15 is 0 Å². The Bertz CT molecular complexity index is 1860. The molecule has 19 aliphatic rings. The average Bonchev–Trinajstić information content (AvgIpc) is 3.42. The van der Waals surface area contributed by atoms with Crippen LogP contribution >= 0.6 is 0 Å². The van der Waals surface area contributed by atoms with Gasteiger partial charge in [-0.2, -0.15) is 0 Å². The molecule has 35 atom stereocenters. The van der Waals surface area contributed by atoms with Crippen LogP contribution in [0.4, 0.5) is 0 Å². The highest BCUT2D eigenvalue weighted by molar-refractivity contribution is 5.06. The summed E-state index contributed by atoms with van der Waals surface area (Å²) in [6, 6.07) is 0. The summed E-state index contributed by atoms with van der Waals surface area (Å²) in [5, 5.41) is 188. The first-order valence-corrected chi connectivity index (χ1v) is 24.5. The maximum atomic E-state index is 12.0. The minimum absolute atomic E-state index is 0.715. The number of ether oxygens (including phenoxy) is 16. The highest BCUT2D eigenvalue weighted by Crippen LogP contribution is 2.45. The molecule has 19 saturated heterocycles. The Kier molecular flexibility index (Phi) is 17.7. The summed E-state index contributed by atoms with van der Waals surface area (Å²) in [5.41, 5.74) is 0. The van der Waals surface area contributed by atoms with Crippen LogP contribution in [-0.4, -0.2) is 348 Å². The van der Waals surface area contributed by atoms with Crippen molar-refractivity contribution < 1.29 is 163 Å². The Labute approximate surface area is 423 Å². The van der Waals surface area contributed by atoms with E-state index in [0.717, 1.165) is 0 Å². The summed E-state index contributed by atoms with van der Waals surface area (Å²) < 4.78 is 95.3. The Hall–Kier alpha value is -1.32. The molecule has 0 spiro atoms. The predicted octanol–water partition coefficient (Wildman–Crippen LogP) is -13.1. The molecule has 0 aromatic carbocycles. The van der Waals surface area contributed by atoms with Crippen LogP contribution in [0.15, 0.2) is 0 Å². The number of aliphatic hydroxyl groups is 17. The van der Waals surface area contributed by atoms with Gasteiger partial charge in [-0.25, -0.2) is 0 Å². The molecule has 0 aliphatic carbocycles. The first kappa shape index (κ1) is 56.9. The van der Waals surface area contributed by atoms with Crippen molar-refractivity contribution in [2.45, 2.75) is 215 Å². The Morgan fingerprint density at radius 1 is 0.160 bits per heavy atom. The average molecular weight is 1100 g/mol. The summed E-state index contributed by atoms with van der Waals surface area (Å²) in [7, 11) is 0. The van der Waals surface area contributed by atoms with Crippen LogP contribution in [-0.2, 0) is 75.8 Å². The number of hydrogen-bond donors (Lipinski definition) is 17. The molecule has 0 saturated carbocycles. The molecule has 0 aromatic rings. The molecule has 0 radical (unpaired) electrons. The Morgan fingerprint density at radius 2 is 0.387 bits per heavy atom. The van der Waals surface area contributed by atoms with E-state index in [1.165, 1.54) is 0 Å². The van der Waals surface area contributed by atoms with Crippen molar-refractivity contribution in [1.29, 1.82) is 0 Å². The van der Waals surface area contributed by atoms with Crippen molar-refractivity contribution >= 4 is 0 Å². The minimum Gasteiger partial charge on any atom is -0.394 e. The van der Waals surface area contributed by atoms with Gasteiger partial charge in [0.1, 0.15) is 171 Å². The van der Waals surface area contributed by atoms with Gasteiger partial charge in [-0.1, -0.05) is 0 Å². The summed E-state index contributed by atoms with van der Waals surface area (Å²) in [6.45, 7) is -6.35. The molecule has 19 rings (SSSR count). The van der Waals surface area contributed by atoms with Gasteiger partial charge >= 0.3 is 0 Å². The van der Waals surface area contributed by atoms with Crippen molar-refractivity contribution in [3.05, 3.63) is 0 Å². The molecule has 0 amide bonds. The largest absolute Gasteiger partial charge is 0.394 e. The zero-order valence-electron chi connectivity index (χ0n) is 39.3. The van der Waals surface area contributed by atoms with Gasteiger partial charge in [-0.15, -0.1) is 0 Å². The lowest BCUT2D eigenvalue weighted by molar-refractivity contribution is -0.457. The maximum absolute atomic E-state index is 12.0. The van der Waals surface area contributed by atoms with Crippen LogP contribution in [0.5, 0.6) is 0 Å². The molecule has 75 heavy (non-hydrogen) atoms. The molecule has 33 nitrogen and oxygen atoms in total. The summed E-state index contributed by atoms with van der Waals surface area (Å²) in [4.78, 5) is 0. The number of hydrogen-bond acceptors (Lipinski definition) is 33. The van der Waals surface area contributed by atoms with Gasteiger partial charge in [0.15, 0.2) is 44.0 Å². The molecule has 0 unspecified atom stereocenters. The van der Waals surface area contributed by atoms with Crippen LogP contribution in [0.2, 0.25) is 0 Å². The van der Waals surface area contributed by atoms with Crippen LogP contribution in [0.25, 0.3) is 0 Å². The lowest BCUT2D eigenvalue weighted by Crippen LogP contribution is -2.76. The first-order valence-electron chi connectivity index (χ1n) is 24.5. The molecule has 0 aromatic heterocycles. The Balaban J connectivity index is 0.970. The quantitative estimate of drug-likeness (QED) is 0.113. The van der Waals surface area contributed by atoms with E-state index in [4.69, 9.17) is 75.8 Å². The highest BCUT2D eigenvalue weighted by Gasteiger charge is 2.65. The van der Waals surface area contributed by atoms with Gasteiger partial charge in [0.25, 0.3) is 0 Å². The summed E-state index contributed by atoms with van der Waals surface area (Å²) in [6.07, 6.45) is -61.7. The molecule has 19 aliphatic heterocycles. The van der Waals surface area contributed by atoms with Gasteiger partial charge in [0.2, 0.25) is 0 Å². The van der Waals surface area contributed by atoms with Crippen LogP contribution in [0.1, 0.15) is 0 Å². The fraction of sp³-hybridized carbons (Fsp3) is 1.00. The normalized spacial score (nSPS) is 57.3. The van der Waals surface area contributed by atoms with E-state index in [9.17, 15) is 86.8 Å². The van der Waals surface area contributed by atoms with Crippen molar-refractivity contribution in [3.63, 3.8) is 0 Å². The standard InChI is InChI=1S/C42H66O33/c43-1-8-25-15(50)20(55)37(61-8)71-27-10(3-45)63-39(22(57)17(27)52)73-29-12(5-47)65-41-33(23(29)58)68-34-31(75-41)14(7-49)66-42-35(34)67-32-24(59)40(64-13(6-48)30(32)74-42)72-28-11(4-46)62-38(21(56)18(28)53)70-26-9(2-44)60-36(69-25)19(54)16(26)51/h8-59H,1-7H2/t8-,9-,10-,11-,12-,13-,14-,15-,16-,17-,18-,19-,20-,21-,22-,23+,24-,25-,26-,27-,28-,29-,30-,31-,32-,33+,34+,35+,36-,37-,38-,39-,40-,41-,42-/m1/s1. The monoisotopic (exact) mass is 1100 g/mol. The smallest absolute Gasteiger partial charge is 0.187 e. The topological polar surface area (TPSA) is 492 Å². The van der Waals surface area contributed by atoms with E-state index < -0.39 is 261 Å². The summed E-state index contributed by atoms with van der Waals surface area (Å²) >= 11 is 0. The van der Waals surface area contributed by atoms with Crippen molar-refractivity contribution in [3.8, 4) is 0 Å². The zero-order chi connectivity index (χ0) is 53.5. The van der Waals surface area contributed by atoms with Crippen molar-refractivity contribution in [2.75, 3.05) is 46.2 Å². The minimum atomic E-state index is -2.15. The van der Waals surface area contributed by atoms with Gasteiger partial charge < -0.3 is 163 Å². The predicted molar refractivity (Wildman–Crippen MR) is 222 cm³/mol. The van der Waals surface area contributed by atoms with Gasteiger partial charge in [0, 0.05) is 0 Å². The maximum Gasteiger partial charge on any atom is 0.187 e. The van der Waals surface area contributed by atoms with Crippen LogP contribution in [0.3, 0.4) is 0 Å². The van der Waals surface area contributed by atoms with Crippen LogP contribution in [0, 0.1) is 0 Å². The SMILES string of the molecule is OC[C@H]1O[C@@H]2O[C@H]3[C@H](O)[C@@H](O)[C@@H](O[C@H]4[C@H](O)[C@@H]5O[C@@H]6[C@@H]7O[C@@H]8[C@@H](O)[C@@H](O[C@H]9[C@H](O)[C@@H](O)[C@@H](O[C@H]%10[C@H](O)[C@@H](O)[C@@H](O[C@H]1[C@H](O)[C@H]2O)O[C@@H]%10CO)O[C@@H]9CO)O[C@H](CO)[C@H]8O[C@H]7O[C@H](CO)[C@H]6O[C@H]5O[C@@H]4CO)O[C@@H]3CO. The van der Waals surface area contributed by atoms with Crippen LogP contribution < -0.4 is 0 Å². The lowest BCUT2D eigenvalue weighted by Gasteiger charge is -2.58. The second kappa shape index (κ2) is 23.3. The third kappa shape index (κ3) is 10.2. The molecule has 19 heterocycles. The molecule has 33 heteroatoms. The van der Waals surface area contributed by atoms with E-state index in [-0.39, 0.29) is 0 Å². The molecule has 432 valence electrons. The van der Waals surface area contributed by atoms with E-state index in [1.54, 1.807) is 0 Å².